The summed E-state index contributed by atoms with van der Waals surface area (Å²) in [7, 11) is 1.52. The second kappa shape index (κ2) is 4.72. The third-order valence-electron chi connectivity index (χ3n) is 2.32. The van der Waals surface area contributed by atoms with Crippen LogP contribution in [0.3, 0.4) is 0 Å². The molecule has 96 valence electrons. The van der Waals surface area contributed by atoms with Gasteiger partial charge in [-0.25, -0.2) is 4.68 Å². The Labute approximate surface area is 105 Å². The molecule has 2 amide bonds. The van der Waals surface area contributed by atoms with E-state index in [0.29, 0.717) is 16.7 Å². The molecule has 0 spiro atoms. The predicted molar refractivity (Wildman–Crippen MR) is 54.5 cm³/mol. The van der Waals surface area contributed by atoms with E-state index in [9.17, 15) is 19.5 Å². The highest BCUT2D eigenvalue weighted by Crippen LogP contribution is 2.27. The van der Waals surface area contributed by atoms with Crippen molar-refractivity contribution >= 4 is 29.5 Å². The van der Waals surface area contributed by atoms with Crippen LogP contribution in [0.2, 0.25) is 0 Å². The normalized spacial score (nSPS) is 17.3. The first-order chi connectivity index (χ1) is 8.50. The van der Waals surface area contributed by atoms with Gasteiger partial charge in [0, 0.05) is 19.9 Å². The molecular formula is C8H8N5O4S-. The Balaban J connectivity index is 2.24. The molecule has 1 aromatic rings. The molecule has 0 bridgehead atoms. The van der Waals surface area contributed by atoms with Gasteiger partial charge in [0.1, 0.15) is 5.37 Å². The van der Waals surface area contributed by atoms with Crippen molar-refractivity contribution in [2.75, 3.05) is 0 Å². The third kappa shape index (κ3) is 2.18. The molecule has 9 nitrogen and oxygen atoms in total. The van der Waals surface area contributed by atoms with Crippen molar-refractivity contribution in [2.45, 2.75) is 23.4 Å². The highest BCUT2D eigenvalue weighted by Gasteiger charge is 2.37. The summed E-state index contributed by atoms with van der Waals surface area (Å²) in [5, 5.41) is 20.2. The second-order valence-corrected chi connectivity index (χ2v) is 4.58. The van der Waals surface area contributed by atoms with Crippen molar-refractivity contribution in [3.8, 4) is 0 Å². The van der Waals surface area contributed by atoms with Crippen LogP contribution >= 0.6 is 11.8 Å². The number of aromatic nitrogens is 4. The van der Waals surface area contributed by atoms with Gasteiger partial charge in [-0.05, 0) is 10.4 Å². The maximum absolute atomic E-state index is 11.5. The number of imide groups is 1. The molecule has 0 radical (unpaired) electrons. The van der Waals surface area contributed by atoms with Gasteiger partial charge in [-0.2, -0.15) is 0 Å². The number of carbonyl (C=O) groups excluding carboxylic acids is 3. The van der Waals surface area contributed by atoms with Gasteiger partial charge in [0.05, 0.1) is 5.97 Å². The average Bonchev–Trinajstić information content (AvgIpc) is 2.84. The summed E-state index contributed by atoms with van der Waals surface area (Å²) >= 11 is 0.684. The SMILES string of the molecule is Cn1nnnc1SC(C(=O)[O-])N1C(=O)CCC1=O. The molecule has 10 heteroatoms. The molecule has 1 aliphatic heterocycles. The van der Waals surface area contributed by atoms with E-state index in [1.165, 1.54) is 11.7 Å². The number of likely N-dealkylation sites (tertiary alicyclic amines) is 1. The number of thioether (sulfide) groups is 1. The van der Waals surface area contributed by atoms with Crippen LogP contribution in [0.4, 0.5) is 0 Å². The van der Waals surface area contributed by atoms with Gasteiger partial charge >= 0.3 is 0 Å². The molecular weight excluding hydrogens is 262 g/mol. The second-order valence-electron chi connectivity index (χ2n) is 3.53. The summed E-state index contributed by atoms with van der Waals surface area (Å²) in [6.45, 7) is 0. The number of nitrogens with zero attached hydrogens (tertiary/aromatic N) is 5. The number of aryl methyl sites for hydroxylation is 1. The fourth-order valence-corrected chi connectivity index (χ4v) is 2.39. The number of hydrogen-bond donors (Lipinski definition) is 0. The molecule has 1 unspecified atom stereocenters. The van der Waals surface area contributed by atoms with Crippen LogP contribution in [0, 0.1) is 0 Å². The summed E-state index contributed by atoms with van der Waals surface area (Å²) in [6.07, 6.45) is 0.0283. The molecule has 1 fully saturated rings. The zero-order valence-corrected chi connectivity index (χ0v) is 10.1. The standard InChI is InChI=1S/C8H9N5O4S/c1-12-8(9-10-11-12)18-6(7(16)17)13-4(14)2-3-5(13)15/h6H,2-3H2,1H3,(H,16,17)/p-1. The first-order valence-electron chi connectivity index (χ1n) is 4.95. The van der Waals surface area contributed by atoms with E-state index in [-0.39, 0.29) is 18.0 Å². The lowest BCUT2D eigenvalue weighted by Gasteiger charge is -2.25. The van der Waals surface area contributed by atoms with E-state index < -0.39 is 23.2 Å². The minimum absolute atomic E-state index is 0.0141. The molecule has 1 aliphatic rings. The maximum atomic E-state index is 11.5. The first kappa shape index (κ1) is 12.5. The largest absolute Gasteiger partial charge is 0.547 e. The van der Waals surface area contributed by atoms with E-state index in [1.807, 2.05) is 0 Å². The lowest BCUT2D eigenvalue weighted by atomic mass is 10.4. The summed E-state index contributed by atoms with van der Waals surface area (Å²) in [4.78, 5) is 34.7. The summed E-state index contributed by atoms with van der Waals surface area (Å²) < 4.78 is 1.24. The molecule has 2 heterocycles. The van der Waals surface area contributed by atoms with Gasteiger partial charge in [0.2, 0.25) is 17.0 Å². The number of amides is 2. The minimum atomic E-state index is -1.54. The van der Waals surface area contributed by atoms with Gasteiger partial charge in [-0.15, -0.1) is 5.10 Å². The van der Waals surface area contributed by atoms with Crippen LogP contribution in [0.15, 0.2) is 5.16 Å². The monoisotopic (exact) mass is 270 g/mol. The summed E-state index contributed by atoms with van der Waals surface area (Å²) in [5.74, 6) is -2.60. The fourth-order valence-electron chi connectivity index (χ4n) is 1.48. The van der Waals surface area contributed by atoms with Gasteiger partial charge in [-0.1, -0.05) is 11.8 Å². The number of hydrogen-bond acceptors (Lipinski definition) is 8. The number of aliphatic carboxylic acids is 1. The van der Waals surface area contributed by atoms with Crippen LogP contribution in [-0.4, -0.2) is 48.3 Å². The molecule has 0 aromatic carbocycles. The Bertz CT molecular complexity index is 499. The molecule has 1 atom stereocenters. The van der Waals surface area contributed by atoms with E-state index >= 15 is 0 Å². The number of tetrazole rings is 1. The maximum Gasteiger partial charge on any atom is 0.230 e. The third-order valence-corrected chi connectivity index (χ3v) is 3.51. The van der Waals surface area contributed by atoms with Crippen molar-refractivity contribution in [3.05, 3.63) is 0 Å². The van der Waals surface area contributed by atoms with Gasteiger partial charge in [-0.3, -0.25) is 14.5 Å². The van der Waals surface area contributed by atoms with E-state index in [0.717, 1.165) is 0 Å². The van der Waals surface area contributed by atoms with E-state index in [4.69, 9.17) is 0 Å². The quantitative estimate of drug-likeness (QED) is 0.435. The predicted octanol–water partition coefficient (Wildman–Crippen LogP) is -2.47. The average molecular weight is 270 g/mol. The Morgan fingerprint density at radius 2 is 2.00 bits per heavy atom. The van der Waals surface area contributed by atoms with Crippen LogP contribution in [-0.2, 0) is 21.4 Å². The number of carbonyl (C=O) groups is 3. The minimum Gasteiger partial charge on any atom is -0.547 e. The molecule has 18 heavy (non-hydrogen) atoms. The molecule has 0 N–H and O–H groups in total. The zero-order valence-electron chi connectivity index (χ0n) is 9.27. The van der Waals surface area contributed by atoms with Gasteiger partial charge in [0.15, 0.2) is 0 Å². The Kier molecular flexibility index (Phi) is 3.28. The van der Waals surface area contributed by atoms with Crippen LogP contribution in [0.1, 0.15) is 12.8 Å². The molecule has 0 saturated carbocycles. The van der Waals surface area contributed by atoms with Crippen molar-refractivity contribution < 1.29 is 19.5 Å². The molecule has 1 saturated heterocycles. The lowest BCUT2D eigenvalue weighted by molar-refractivity contribution is -0.307. The first-order valence-corrected chi connectivity index (χ1v) is 5.83. The van der Waals surface area contributed by atoms with Crippen molar-refractivity contribution in [1.82, 2.24) is 25.1 Å². The van der Waals surface area contributed by atoms with E-state index in [1.54, 1.807) is 0 Å². The summed E-state index contributed by atoms with van der Waals surface area (Å²) in [6, 6.07) is 0. The number of carboxylic acids is 1. The zero-order chi connectivity index (χ0) is 13.3. The highest BCUT2D eigenvalue weighted by atomic mass is 32.2. The van der Waals surface area contributed by atoms with Gasteiger partial charge in [0.25, 0.3) is 0 Å². The fraction of sp³-hybridized carbons (Fsp3) is 0.500. The van der Waals surface area contributed by atoms with Crippen LogP contribution < -0.4 is 5.11 Å². The smallest absolute Gasteiger partial charge is 0.230 e. The van der Waals surface area contributed by atoms with Crippen LogP contribution in [0.5, 0.6) is 0 Å². The molecule has 1 aromatic heterocycles. The molecule has 0 aliphatic carbocycles. The highest BCUT2D eigenvalue weighted by molar-refractivity contribution is 8.00. The number of carboxylic acid groups (broad SMARTS) is 1. The Morgan fingerprint density at radius 3 is 2.44 bits per heavy atom. The van der Waals surface area contributed by atoms with Crippen molar-refractivity contribution in [1.29, 1.82) is 0 Å². The lowest BCUT2D eigenvalue weighted by Crippen LogP contribution is -2.48. The van der Waals surface area contributed by atoms with E-state index in [2.05, 4.69) is 15.5 Å². The van der Waals surface area contributed by atoms with Crippen molar-refractivity contribution in [3.63, 3.8) is 0 Å². The van der Waals surface area contributed by atoms with Crippen LogP contribution in [0.25, 0.3) is 0 Å². The van der Waals surface area contributed by atoms with Crippen molar-refractivity contribution in [2.24, 2.45) is 7.05 Å². The number of rotatable bonds is 4. The van der Waals surface area contributed by atoms with Gasteiger partial charge < -0.3 is 9.90 Å². The molecule has 2 rings (SSSR count). The topological polar surface area (TPSA) is 121 Å². The Hall–Kier alpha value is -1.97. The summed E-state index contributed by atoms with van der Waals surface area (Å²) in [5.41, 5.74) is 0. The Morgan fingerprint density at radius 1 is 1.39 bits per heavy atom.